The largest absolute Gasteiger partial charge is 0.313 e. The van der Waals surface area contributed by atoms with Crippen molar-refractivity contribution in [3.63, 3.8) is 0 Å². The van der Waals surface area contributed by atoms with E-state index in [9.17, 15) is 0 Å². The average molecular weight is 209 g/mol. The van der Waals surface area contributed by atoms with Crippen molar-refractivity contribution >= 4 is 0 Å². The number of nitriles is 1. The molecule has 0 bridgehead atoms. The van der Waals surface area contributed by atoms with Crippen molar-refractivity contribution in [1.29, 1.82) is 5.26 Å². The molecule has 0 radical (unpaired) electrons. The van der Waals surface area contributed by atoms with E-state index >= 15 is 0 Å². The Bertz CT molecular complexity index is 192. The van der Waals surface area contributed by atoms with Crippen LogP contribution >= 0.6 is 0 Å². The van der Waals surface area contributed by atoms with Crippen LogP contribution in [0.3, 0.4) is 0 Å². The molecule has 1 aliphatic heterocycles. The van der Waals surface area contributed by atoms with E-state index in [0.29, 0.717) is 12.5 Å². The van der Waals surface area contributed by atoms with Crippen LogP contribution in [0.2, 0.25) is 0 Å². The molecule has 1 atom stereocenters. The number of piperidine rings is 1. The Labute approximate surface area is 93.5 Å². The Morgan fingerprint density at radius 1 is 1.40 bits per heavy atom. The minimum absolute atomic E-state index is 0.656. The third-order valence-corrected chi connectivity index (χ3v) is 2.97. The summed E-state index contributed by atoms with van der Waals surface area (Å²) < 4.78 is 0. The standard InChI is InChI=1S/C12H23N3/c1-2-9-15(10-5-7-13)11-12-6-3-4-8-14-12/h12,14H,2-6,8-11H2,1H3. The molecule has 0 aliphatic carbocycles. The topological polar surface area (TPSA) is 39.1 Å². The van der Waals surface area contributed by atoms with Crippen LogP contribution in [-0.2, 0) is 0 Å². The molecule has 1 saturated heterocycles. The smallest absolute Gasteiger partial charge is 0.0635 e. The molecule has 15 heavy (non-hydrogen) atoms. The van der Waals surface area contributed by atoms with Crippen molar-refractivity contribution in [3.8, 4) is 6.07 Å². The fraction of sp³-hybridized carbons (Fsp3) is 0.917. The van der Waals surface area contributed by atoms with Gasteiger partial charge in [-0.2, -0.15) is 5.26 Å². The molecule has 86 valence electrons. The molecule has 0 aromatic rings. The van der Waals surface area contributed by atoms with Gasteiger partial charge in [0.1, 0.15) is 0 Å². The molecule has 1 N–H and O–H groups in total. The maximum absolute atomic E-state index is 8.60. The minimum atomic E-state index is 0.656. The van der Waals surface area contributed by atoms with Gasteiger partial charge in [0.2, 0.25) is 0 Å². The van der Waals surface area contributed by atoms with Gasteiger partial charge in [0.15, 0.2) is 0 Å². The third-order valence-electron chi connectivity index (χ3n) is 2.97. The van der Waals surface area contributed by atoms with Gasteiger partial charge < -0.3 is 10.2 Å². The lowest BCUT2D eigenvalue weighted by atomic mass is 10.0. The van der Waals surface area contributed by atoms with Gasteiger partial charge in [-0.25, -0.2) is 0 Å². The molecule has 1 rings (SSSR count). The maximum Gasteiger partial charge on any atom is 0.0635 e. The summed E-state index contributed by atoms with van der Waals surface area (Å²) in [7, 11) is 0. The van der Waals surface area contributed by atoms with Crippen LogP contribution in [0.15, 0.2) is 0 Å². The van der Waals surface area contributed by atoms with E-state index in [1.807, 2.05) is 0 Å². The lowest BCUT2D eigenvalue weighted by Crippen LogP contribution is -2.44. The highest BCUT2D eigenvalue weighted by Crippen LogP contribution is 2.09. The number of hydrogen-bond acceptors (Lipinski definition) is 3. The van der Waals surface area contributed by atoms with Gasteiger partial charge >= 0.3 is 0 Å². The molecular formula is C12H23N3. The van der Waals surface area contributed by atoms with E-state index in [1.54, 1.807) is 0 Å². The van der Waals surface area contributed by atoms with Crippen LogP contribution in [0.4, 0.5) is 0 Å². The summed E-state index contributed by atoms with van der Waals surface area (Å²) in [5.74, 6) is 0. The zero-order valence-corrected chi connectivity index (χ0v) is 9.84. The van der Waals surface area contributed by atoms with Crippen molar-refractivity contribution in [2.75, 3.05) is 26.2 Å². The van der Waals surface area contributed by atoms with Crippen LogP contribution in [0.5, 0.6) is 0 Å². The van der Waals surface area contributed by atoms with Crippen LogP contribution in [0, 0.1) is 11.3 Å². The number of nitrogens with zero attached hydrogens (tertiary/aromatic N) is 2. The Morgan fingerprint density at radius 3 is 2.87 bits per heavy atom. The summed E-state index contributed by atoms with van der Waals surface area (Å²) in [5.41, 5.74) is 0. The van der Waals surface area contributed by atoms with Gasteiger partial charge in [-0.05, 0) is 32.4 Å². The normalized spacial score (nSPS) is 21.5. The van der Waals surface area contributed by atoms with E-state index in [-0.39, 0.29) is 0 Å². The second kappa shape index (κ2) is 7.67. The van der Waals surface area contributed by atoms with E-state index < -0.39 is 0 Å². The fourth-order valence-electron chi connectivity index (χ4n) is 2.21. The Balaban J connectivity index is 2.25. The number of hydrogen-bond donors (Lipinski definition) is 1. The van der Waals surface area contributed by atoms with Crippen LogP contribution in [0.1, 0.15) is 39.0 Å². The molecule has 0 spiro atoms. The predicted octanol–water partition coefficient (Wildman–Crippen LogP) is 1.75. The van der Waals surface area contributed by atoms with Crippen molar-refractivity contribution in [3.05, 3.63) is 0 Å². The summed E-state index contributed by atoms with van der Waals surface area (Å²) in [6, 6.07) is 2.89. The first-order chi connectivity index (χ1) is 7.36. The van der Waals surface area contributed by atoms with E-state index in [1.165, 1.54) is 32.2 Å². The highest BCUT2D eigenvalue weighted by molar-refractivity contribution is 4.78. The zero-order chi connectivity index (χ0) is 10.9. The third kappa shape index (κ3) is 5.15. The molecule has 1 heterocycles. The first-order valence-corrected chi connectivity index (χ1v) is 6.19. The van der Waals surface area contributed by atoms with Crippen molar-refractivity contribution in [1.82, 2.24) is 10.2 Å². The quantitative estimate of drug-likeness (QED) is 0.724. The number of nitrogens with one attached hydrogen (secondary N) is 1. The molecule has 0 aromatic carbocycles. The van der Waals surface area contributed by atoms with Crippen molar-refractivity contribution in [2.24, 2.45) is 0 Å². The van der Waals surface area contributed by atoms with Crippen molar-refractivity contribution in [2.45, 2.75) is 45.1 Å². The molecule has 1 fully saturated rings. The highest BCUT2D eigenvalue weighted by atomic mass is 15.1. The summed E-state index contributed by atoms with van der Waals surface area (Å²) in [6.45, 7) is 6.55. The summed E-state index contributed by atoms with van der Waals surface area (Å²) >= 11 is 0. The Kier molecular flexibility index (Phi) is 6.38. The molecular weight excluding hydrogens is 186 g/mol. The van der Waals surface area contributed by atoms with Gasteiger partial charge in [-0.3, -0.25) is 0 Å². The van der Waals surface area contributed by atoms with Crippen LogP contribution in [0.25, 0.3) is 0 Å². The number of rotatable bonds is 6. The average Bonchev–Trinajstić information content (AvgIpc) is 2.28. The van der Waals surface area contributed by atoms with Gasteiger partial charge in [-0.15, -0.1) is 0 Å². The highest BCUT2D eigenvalue weighted by Gasteiger charge is 2.15. The van der Waals surface area contributed by atoms with E-state index in [2.05, 4.69) is 23.2 Å². The minimum Gasteiger partial charge on any atom is -0.313 e. The van der Waals surface area contributed by atoms with Gasteiger partial charge in [0.05, 0.1) is 6.07 Å². The lowest BCUT2D eigenvalue weighted by molar-refractivity contribution is 0.228. The van der Waals surface area contributed by atoms with Crippen molar-refractivity contribution < 1.29 is 0 Å². The molecule has 0 amide bonds. The predicted molar refractivity (Wildman–Crippen MR) is 62.6 cm³/mol. The summed E-state index contributed by atoms with van der Waals surface area (Å²) in [5, 5.41) is 12.2. The van der Waals surface area contributed by atoms with Gasteiger partial charge in [0, 0.05) is 25.6 Å². The van der Waals surface area contributed by atoms with Crippen LogP contribution < -0.4 is 5.32 Å². The second-order valence-corrected chi connectivity index (χ2v) is 4.36. The van der Waals surface area contributed by atoms with E-state index in [0.717, 1.165) is 19.6 Å². The Morgan fingerprint density at radius 2 is 2.27 bits per heavy atom. The molecule has 1 unspecified atom stereocenters. The first kappa shape index (κ1) is 12.5. The first-order valence-electron chi connectivity index (χ1n) is 6.19. The maximum atomic E-state index is 8.60. The molecule has 1 aliphatic rings. The fourth-order valence-corrected chi connectivity index (χ4v) is 2.21. The van der Waals surface area contributed by atoms with Gasteiger partial charge in [0.25, 0.3) is 0 Å². The van der Waals surface area contributed by atoms with E-state index in [4.69, 9.17) is 5.26 Å². The molecule has 0 saturated carbocycles. The van der Waals surface area contributed by atoms with Crippen LogP contribution in [-0.4, -0.2) is 37.1 Å². The summed E-state index contributed by atoms with van der Waals surface area (Å²) in [4.78, 5) is 2.42. The SMILES string of the molecule is CCCN(CCC#N)CC1CCCCN1. The summed E-state index contributed by atoms with van der Waals surface area (Å²) in [6.07, 6.45) is 5.82. The molecule has 0 aromatic heterocycles. The Hall–Kier alpha value is -0.590. The monoisotopic (exact) mass is 209 g/mol. The van der Waals surface area contributed by atoms with Gasteiger partial charge in [-0.1, -0.05) is 13.3 Å². The second-order valence-electron chi connectivity index (χ2n) is 4.36. The zero-order valence-electron chi connectivity index (χ0n) is 9.84. The molecule has 3 heteroatoms. The lowest BCUT2D eigenvalue weighted by Gasteiger charge is -2.29. The molecule has 3 nitrogen and oxygen atoms in total.